The number of aryl methyl sites for hydroxylation is 1. The average molecular weight is 261 g/mol. The number of aliphatic imine (C=N–C) groups is 1. The summed E-state index contributed by atoms with van der Waals surface area (Å²) >= 11 is 0. The second kappa shape index (κ2) is 6.57. The number of benzene rings is 1. The Morgan fingerprint density at radius 1 is 1.26 bits per heavy atom. The van der Waals surface area contributed by atoms with Gasteiger partial charge in [-0.1, -0.05) is 29.8 Å². The van der Waals surface area contributed by atoms with Crippen LogP contribution in [0.15, 0.2) is 29.3 Å². The van der Waals surface area contributed by atoms with Gasteiger partial charge in [0.05, 0.1) is 12.6 Å². The quantitative estimate of drug-likeness (QED) is 0.644. The average Bonchev–Trinajstić information content (AvgIpc) is 2.46. The van der Waals surface area contributed by atoms with Gasteiger partial charge in [-0.2, -0.15) is 0 Å². The first-order valence-corrected chi connectivity index (χ1v) is 6.96. The van der Waals surface area contributed by atoms with Gasteiger partial charge in [-0.25, -0.2) is 0 Å². The number of aliphatic hydroxyl groups excluding tert-OH is 1. The fourth-order valence-corrected chi connectivity index (χ4v) is 2.30. The molecule has 104 valence electrons. The van der Waals surface area contributed by atoms with Crippen molar-refractivity contribution in [1.29, 1.82) is 0 Å². The summed E-state index contributed by atoms with van der Waals surface area (Å²) in [6.07, 6.45) is 3.05. The van der Waals surface area contributed by atoms with Crippen LogP contribution in [0, 0.1) is 6.92 Å². The van der Waals surface area contributed by atoms with Gasteiger partial charge in [0.2, 0.25) is 0 Å². The zero-order valence-corrected chi connectivity index (χ0v) is 11.5. The number of nitrogens with zero attached hydrogens (tertiary/aromatic N) is 2. The molecule has 0 amide bonds. The third kappa shape index (κ3) is 3.96. The maximum atomic E-state index is 10.1. The van der Waals surface area contributed by atoms with Gasteiger partial charge in [0, 0.05) is 13.1 Å². The molecule has 4 nitrogen and oxygen atoms in total. The maximum absolute atomic E-state index is 10.1. The Balaban J connectivity index is 1.91. The Morgan fingerprint density at radius 3 is 2.53 bits per heavy atom. The van der Waals surface area contributed by atoms with Gasteiger partial charge in [-0.05, 0) is 31.7 Å². The van der Waals surface area contributed by atoms with Crippen molar-refractivity contribution in [2.75, 3.05) is 19.6 Å². The van der Waals surface area contributed by atoms with E-state index in [9.17, 15) is 5.11 Å². The highest BCUT2D eigenvalue weighted by molar-refractivity contribution is 5.78. The molecular weight excluding hydrogens is 238 g/mol. The molecule has 1 aliphatic heterocycles. The monoisotopic (exact) mass is 261 g/mol. The topological polar surface area (TPSA) is 61.9 Å². The van der Waals surface area contributed by atoms with Crippen molar-refractivity contribution in [2.24, 2.45) is 10.7 Å². The zero-order chi connectivity index (χ0) is 13.7. The predicted octanol–water partition coefficient (Wildman–Crippen LogP) is 1.83. The van der Waals surface area contributed by atoms with Crippen molar-refractivity contribution >= 4 is 5.96 Å². The van der Waals surface area contributed by atoms with E-state index in [1.165, 1.54) is 24.8 Å². The normalized spacial score (nSPS) is 18.4. The highest BCUT2D eigenvalue weighted by atomic mass is 16.3. The molecule has 19 heavy (non-hydrogen) atoms. The summed E-state index contributed by atoms with van der Waals surface area (Å²) in [5, 5.41) is 10.1. The smallest absolute Gasteiger partial charge is 0.191 e. The van der Waals surface area contributed by atoms with Gasteiger partial charge in [0.1, 0.15) is 0 Å². The lowest BCUT2D eigenvalue weighted by Crippen LogP contribution is -2.41. The van der Waals surface area contributed by atoms with E-state index in [1.54, 1.807) is 0 Å². The third-order valence-electron chi connectivity index (χ3n) is 3.57. The SMILES string of the molecule is Cc1ccc(C(O)CN=C(N)N2CCCCC2)cc1. The lowest BCUT2D eigenvalue weighted by molar-refractivity contribution is 0.186. The van der Waals surface area contributed by atoms with Crippen molar-refractivity contribution in [1.82, 2.24) is 4.90 Å². The van der Waals surface area contributed by atoms with Crippen molar-refractivity contribution in [3.05, 3.63) is 35.4 Å². The van der Waals surface area contributed by atoms with Crippen molar-refractivity contribution < 1.29 is 5.11 Å². The van der Waals surface area contributed by atoms with E-state index in [4.69, 9.17) is 5.73 Å². The number of piperidine rings is 1. The summed E-state index contributed by atoms with van der Waals surface area (Å²) in [6, 6.07) is 7.87. The molecule has 1 aliphatic rings. The van der Waals surface area contributed by atoms with Gasteiger partial charge in [0.25, 0.3) is 0 Å². The number of hydrogen-bond acceptors (Lipinski definition) is 2. The molecule has 0 saturated carbocycles. The molecule has 1 aromatic carbocycles. The Labute approximate surface area is 114 Å². The number of likely N-dealkylation sites (tertiary alicyclic amines) is 1. The molecule has 1 atom stereocenters. The summed E-state index contributed by atoms with van der Waals surface area (Å²) < 4.78 is 0. The Bertz CT molecular complexity index is 422. The van der Waals surface area contributed by atoms with Crippen molar-refractivity contribution in [3.8, 4) is 0 Å². The van der Waals surface area contributed by atoms with E-state index in [0.29, 0.717) is 12.5 Å². The standard InChI is InChI=1S/C15H23N3O/c1-12-5-7-13(8-6-12)14(19)11-17-15(16)18-9-3-2-4-10-18/h5-8,14,19H,2-4,9-11H2,1H3,(H2,16,17). The van der Waals surface area contributed by atoms with E-state index in [1.807, 2.05) is 31.2 Å². The van der Waals surface area contributed by atoms with E-state index in [0.717, 1.165) is 18.7 Å². The molecule has 1 fully saturated rings. The molecule has 1 saturated heterocycles. The molecule has 0 aromatic heterocycles. The molecule has 1 unspecified atom stereocenters. The minimum atomic E-state index is -0.580. The largest absolute Gasteiger partial charge is 0.386 e. The number of aliphatic hydroxyl groups is 1. The number of rotatable bonds is 3. The second-order valence-corrected chi connectivity index (χ2v) is 5.17. The zero-order valence-electron chi connectivity index (χ0n) is 11.5. The molecule has 0 spiro atoms. The second-order valence-electron chi connectivity index (χ2n) is 5.17. The van der Waals surface area contributed by atoms with E-state index >= 15 is 0 Å². The fourth-order valence-electron chi connectivity index (χ4n) is 2.30. The van der Waals surface area contributed by atoms with Crippen LogP contribution in [0.2, 0.25) is 0 Å². The van der Waals surface area contributed by atoms with Gasteiger partial charge >= 0.3 is 0 Å². The Morgan fingerprint density at radius 2 is 1.89 bits per heavy atom. The predicted molar refractivity (Wildman–Crippen MR) is 78.1 cm³/mol. The van der Waals surface area contributed by atoms with E-state index < -0.39 is 6.10 Å². The van der Waals surface area contributed by atoms with Crippen LogP contribution in [-0.4, -0.2) is 35.6 Å². The molecule has 0 aliphatic carbocycles. The van der Waals surface area contributed by atoms with Crippen LogP contribution in [0.25, 0.3) is 0 Å². The molecule has 3 N–H and O–H groups in total. The number of hydrogen-bond donors (Lipinski definition) is 2. The first-order valence-electron chi connectivity index (χ1n) is 6.96. The molecule has 1 heterocycles. The Hall–Kier alpha value is -1.55. The Kier molecular flexibility index (Phi) is 4.80. The fraction of sp³-hybridized carbons (Fsp3) is 0.533. The van der Waals surface area contributed by atoms with Crippen LogP contribution >= 0.6 is 0 Å². The molecule has 0 radical (unpaired) electrons. The lowest BCUT2D eigenvalue weighted by Gasteiger charge is -2.27. The first-order chi connectivity index (χ1) is 9.16. The summed E-state index contributed by atoms with van der Waals surface area (Å²) in [5.74, 6) is 0.561. The summed E-state index contributed by atoms with van der Waals surface area (Å²) in [5.41, 5.74) is 8.04. The van der Waals surface area contributed by atoms with Crippen LogP contribution in [0.1, 0.15) is 36.5 Å². The summed E-state index contributed by atoms with van der Waals surface area (Å²) in [4.78, 5) is 6.42. The first kappa shape index (κ1) is 13.9. The van der Waals surface area contributed by atoms with E-state index in [2.05, 4.69) is 9.89 Å². The van der Waals surface area contributed by atoms with Crippen LogP contribution < -0.4 is 5.73 Å². The summed E-state index contributed by atoms with van der Waals surface area (Å²) in [6.45, 7) is 4.32. The molecule has 2 rings (SSSR count). The van der Waals surface area contributed by atoms with Gasteiger partial charge < -0.3 is 15.7 Å². The van der Waals surface area contributed by atoms with Crippen LogP contribution in [0.5, 0.6) is 0 Å². The van der Waals surface area contributed by atoms with E-state index in [-0.39, 0.29) is 0 Å². The van der Waals surface area contributed by atoms with Crippen LogP contribution in [-0.2, 0) is 0 Å². The van der Waals surface area contributed by atoms with Gasteiger partial charge in [-0.3, -0.25) is 4.99 Å². The highest BCUT2D eigenvalue weighted by Crippen LogP contribution is 2.14. The van der Waals surface area contributed by atoms with Crippen LogP contribution in [0.3, 0.4) is 0 Å². The van der Waals surface area contributed by atoms with Crippen LogP contribution in [0.4, 0.5) is 0 Å². The molecule has 0 bridgehead atoms. The highest BCUT2D eigenvalue weighted by Gasteiger charge is 2.13. The minimum Gasteiger partial charge on any atom is -0.386 e. The number of nitrogens with two attached hydrogens (primary N) is 1. The molecule has 4 heteroatoms. The number of guanidine groups is 1. The van der Waals surface area contributed by atoms with Gasteiger partial charge in [0.15, 0.2) is 5.96 Å². The minimum absolute atomic E-state index is 0.325. The molecular formula is C15H23N3O. The van der Waals surface area contributed by atoms with Crippen molar-refractivity contribution in [3.63, 3.8) is 0 Å². The molecule has 1 aromatic rings. The third-order valence-corrected chi connectivity index (χ3v) is 3.57. The lowest BCUT2D eigenvalue weighted by atomic mass is 10.1. The maximum Gasteiger partial charge on any atom is 0.191 e. The van der Waals surface area contributed by atoms with Crippen molar-refractivity contribution in [2.45, 2.75) is 32.3 Å². The summed E-state index contributed by atoms with van der Waals surface area (Å²) in [7, 11) is 0. The van der Waals surface area contributed by atoms with Gasteiger partial charge in [-0.15, -0.1) is 0 Å².